The average Bonchev–Trinajstić information content (AvgIpc) is 2.33. The molecule has 1 aromatic carbocycles. The van der Waals surface area contributed by atoms with Crippen molar-refractivity contribution < 1.29 is 0 Å². The van der Waals surface area contributed by atoms with Gasteiger partial charge in [0.25, 0.3) is 0 Å². The van der Waals surface area contributed by atoms with Crippen molar-refractivity contribution in [1.82, 2.24) is 4.90 Å². The maximum Gasteiger partial charge on any atom is 0.0438 e. The van der Waals surface area contributed by atoms with Crippen LogP contribution in [-0.2, 0) is 6.54 Å². The second-order valence-electron chi connectivity index (χ2n) is 5.76. The van der Waals surface area contributed by atoms with Gasteiger partial charge in [-0.25, -0.2) is 0 Å². The predicted molar refractivity (Wildman–Crippen MR) is 80.0 cm³/mol. The Hall–Kier alpha value is -0.570. The number of nitrogens with zero attached hydrogens (tertiary/aromatic N) is 1. The van der Waals surface area contributed by atoms with Gasteiger partial charge >= 0.3 is 0 Å². The van der Waals surface area contributed by atoms with Crippen molar-refractivity contribution in [2.75, 3.05) is 19.6 Å². The zero-order valence-electron chi connectivity index (χ0n) is 12.0. The van der Waals surface area contributed by atoms with Gasteiger partial charge in [0.15, 0.2) is 0 Å². The smallest absolute Gasteiger partial charge is 0.0438 e. The Morgan fingerprint density at radius 2 is 2.00 bits per heavy atom. The zero-order valence-corrected chi connectivity index (χ0v) is 12.7. The van der Waals surface area contributed by atoms with Crippen LogP contribution in [0.25, 0.3) is 0 Å². The highest BCUT2D eigenvalue weighted by Gasteiger charge is 2.19. The van der Waals surface area contributed by atoms with Crippen LogP contribution in [0, 0.1) is 12.3 Å². The van der Waals surface area contributed by atoms with E-state index >= 15 is 0 Å². The van der Waals surface area contributed by atoms with E-state index in [0.29, 0.717) is 6.54 Å². The van der Waals surface area contributed by atoms with Crippen LogP contribution in [0.1, 0.15) is 31.9 Å². The first-order chi connectivity index (χ1) is 8.38. The van der Waals surface area contributed by atoms with E-state index in [4.69, 9.17) is 17.3 Å². The molecule has 0 aliphatic rings. The number of benzene rings is 1. The van der Waals surface area contributed by atoms with Crippen LogP contribution in [0.4, 0.5) is 0 Å². The van der Waals surface area contributed by atoms with Crippen LogP contribution in [0.2, 0.25) is 5.02 Å². The fraction of sp³-hybridized carbons (Fsp3) is 0.600. The van der Waals surface area contributed by atoms with Crippen LogP contribution in [0.5, 0.6) is 0 Å². The first-order valence-corrected chi connectivity index (χ1v) is 6.93. The molecule has 2 nitrogen and oxygen atoms in total. The number of halogens is 1. The third-order valence-corrected chi connectivity index (χ3v) is 3.70. The summed E-state index contributed by atoms with van der Waals surface area (Å²) in [6.45, 7) is 12.3. The zero-order chi connectivity index (χ0) is 13.8. The first kappa shape index (κ1) is 15.5. The van der Waals surface area contributed by atoms with Crippen LogP contribution >= 0.6 is 11.6 Å². The maximum atomic E-state index is 6.16. The number of hydrogen-bond acceptors (Lipinski definition) is 2. The fourth-order valence-electron chi connectivity index (χ4n) is 1.94. The van der Waals surface area contributed by atoms with Gasteiger partial charge < -0.3 is 5.73 Å². The van der Waals surface area contributed by atoms with Gasteiger partial charge in [0.05, 0.1) is 0 Å². The van der Waals surface area contributed by atoms with Crippen molar-refractivity contribution in [2.24, 2.45) is 11.1 Å². The number of aryl methyl sites for hydroxylation is 1. The van der Waals surface area contributed by atoms with Crippen LogP contribution in [-0.4, -0.2) is 24.5 Å². The molecule has 0 radical (unpaired) electrons. The summed E-state index contributed by atoms with van der Waals surface area (Å²) in [5.74, 6) is 0. The molecular formula is C15H25ClN2. The Morgan fingerprint density at radius 3 is 2.50 bits per heavy atom. The molecule has 102 valence electrons. The second-order valence-corrected chi connectivity index (χ2v) is 6.16. The minimum absolute atomic E-state index is 0.157. The third-order valence-electron chi connectivity index (χ3n) is 3.29. The van der Waals surface area contributed by atoms with Crippen molar-refractivity contribution in [2.45, 2.75) is 34.2 Å². The van der Waals surface area contributed by atoms with E-state index in [0.717, 1.165) is 30.2 Å². The summed E-state index contributed by atoms with van der Waals surface area (Å²) in [4.78, 5) is 2.41. The quantitative estimate of drug-likeness (QED) is 0.856. The Bertz CT molecular complexity index is 388. The SMILES string of the molecule is CCN(Cc1ccc(C)c(Cl)c1)CC(C)(C)CN. The Morgan fingerprint density at radius 1 is 1.33 bits per heavy atom. The minimum atomic E-state index is 0.157. The van der Waals surface area contributed by atoms with Gasteiger partial charge in [0.2, 0.25) is 0 Å². The molecule has 1 aromatic rings. The summed E-state index contributed by atoms with van der Waals surface area (Å²) in [7, 11) is 0. The summed E-state index contributed by atoms with van der Waals surface area (Å²) in [5, 5.41) is 0.849. The summed E-state index contributed by atoms with van der Waals surface area (Å²) >= 11 is 6.16. The number of hydrogen-bond donors (Lipinski definition) is 1. The molecule has 0 bridgehead atoms. The van der Waals surface area contributed by atoms with Gasteiger partial charge in [-0.15, -0.1) is 0 Å². The van der Waals surface area contributed by atoms with E-state index in [-0.39, 0.29) is 5.41 Å². The Kier molecular flexibility index (Phi) is 5.64. The van der Waals surface area contributed by atoms with E-state index in [1.807, 2.05) is 6.92 Å². The monoisotopic (exact) mass is 268 g/mol. The van der Waals surface area contributed by atoms with Crippen molar-refractivity contribution in [3.8, 4) is 0 Å². The highest BCUT2D eigenvalue weighted by molar-refractivity contribution is 6.31. The van der Waals surface area contributed by atoms with E-state index < -0.39 is 0 Å². The molecular weight excluding hydrogens is 244 g/mol. The minimum Gasteiger partial charge on any atom is -0.330 e. The lowest BCUT2D eigenvalue weighted by atomic mass is 9.93. The average molecular weight is 269 g/mol. The molecule has 0 heterocycles. The van der Waals surface area contributed by atoms with Gasteiger partial charge in [-0.1, -0.05) is 44.5 Å². The lowest BCUT2D eigenvalue weighted by Crippen LogP contribution is -2.38. The second kappa shape index (κ2) is 6.55. The molecule has 0 fully saturated rings. The standard InChI is InChI=1S/C15H25ClN2/c1-5-18(11-15(3,4)10-17)9-13-7-6-12(2)14(16)8-13/h6-8H,5,9-11,17H2,1-4H3. The largest absolute Gasteiger partial charge is 0.330 e. The lowest BCUT2D eigenvalue weighted by Gasteiger charge is -2.31. The highest BCUT2D eigenvalue weighted by atomic mass is 35.5. The molecule has 0 saturated heterocycles. The number of nitrogens with two attached hydrogens (primary N) is 1. The number of rotatable bonds is 6. The topological polar surface area (TPSA) is 29.3 Å². The molecule has 0 atom stereocenters. The molecule has 3 heteroatoms. The van der Waals surface area contributed by atoms with Gasteiger partial charge in [0.1, 0.15) is 0 Å². The van der Waals surface area contributed by atoms with Crippen molar-refractivity contribution in [3.63, 3.8) is 0 Å². The molecule has 18 heavy (non-hydrogen) atoms. The summed E-state index contributed by atoms with van der Waals surface area (Å²) in [6, 6.07) is 6.30. The molecule has 0 aromatic heterocycles. The molecule has 0 saturated carbocycles. The molecule has 0 aliphatic heterocycles. The molecule has 1 rings (SSSR count). The van der Waals surface area contributed by atoms with Crippen LogP contribution < -0.4 is 5.73 Å². The first-order valence-electron chi connectivity index (χ1n) is 6.55. The Balaban J connectivity index is 2.71. The molecule has 0 spiro atoms. The van der Waals surface area contributed by atoms with Gasteiger partial charge in [-0.3, -0.25) is 4.90 Å². The summed E-state index contributed by atoms with van der Waals surface area (Å²) in [6.07, 6.45) is 0. The molecule has 2 N–H and O–H groups in total. The summed E-state index contributed by atoms with van der Waals surface area (Å²) in [5.41, 5.74) is 8.35. The molecule has 0 aliphatic carbocycles. The highest BCUT2D eigenvalue weighted by Crippen LogP contribution is 2.20. The van der Waals surface area contributed by atoms with Gasteiger partial charge in [-0.05, 0) is 42.6 Å². The van der Waals surface area contributed by atoms with Crippen molar-refractivity contribution in [3.05, 3.63) is 34.3 Å². The lowest BCUT2D eigenvalue weighted by molar-refractivity contribution is 0.183. The molecule has 0 unspecified atom stereocenters. The van der Waals surface area contributed by atoms with Gasteiger partial charge in [0, 0.05) is 18.1 Å². The van der Waals surface area contributed by atoms with Crippen molar-refractivity contribution in [1.29, 1.82) is 0 Å². The van der Waals surface area contributed by atoms with Crippen LogP contribution in [0.3, 0.4) is 0 Å². The van der Waals surface area contributed by atoms with E-state index in [2.05, 4.69) is 43.9 Å². The predicted octanol–water partition coefficient (Wildman–Crippen LogP) is 3.46. The fourth-order valence-corrected chi connectivity index (χ4v) is 2.15. The van der Waals surface area contributed by atoms with E-state index in [1.165, 1.54) is 5.56 Å². The van der Waals surface area contributed by atoms with E-state index in [9.17, 15) is 0 Å². The Labute approximate surface area is 116 Å². The maximum absolute atomic E-state index is 6.16. The van der Waals surface area contributed by atoms with Gasteiger partial charge in [-0.2, -0.15) is 0 Å². The third kappa shape index (κ3) is 4.60. The van der Waals surface area contributed by atoms with E-state index in [1.54, 1.807) is 0 Å². The normalized spacial score (nSPS) is 12.2. The summed E-state index contributed by atoms with van der Waals surface area (Å²) < 4.78 is 0. The van der Waals surface area contributed by atoms with Crippen LogP contribution in [0.15, 0.2) is 18.2 Å². The molecule has 0 amide bonds. The van der Waals surface area contributed by atoms with Crippen molar-refractivity contribution >= 4 is 11.6 Å².